The lowest BCUT2D eigenvalue weighted by Gasteiger charge is -2.28. The number of carbonyl (C=O) groups excluding carboxylic acids is 3. The molecule has 0 aliphatic heterocycles. The zero-order valence-electron chi connectivity index (χ0n) is 22.1. The Morgan fingerprint density at radius 1 is 1.07 bits per heavy atom. The Bertz CT molecular complexity index is 1460. The van der Waals surface area contributed by atoms with Crippen LogP contribution in [0.5, 0.6) is 0 Å². The summed E-state index contributed by atoms with van der Waals surface area (Å²) < 4.78 is 13.7. The first-order valence-electron chi connectivity index (χ1n) is 12.3. The van der Waals surface area contributed by atoms with E-state index in [1.165, 1.54) is 11.4 Å². The second kappa shape index (κ2) is 13.1. The molecule has 1 heterocycles. The third-order valence-electron chi connectivity index (χ3n) is 5.95. The van der Waals surface area contributed by atoms with Gasteiger partial charge in [-0.15, -0.1) is 11.3 Å². The van der Waals surface area contributed by atoms with Crippen LogP contribution in [0.2, 0.25) is 0 Å². The summed E-state index contributed by atoms with van der Waals surface area (Å²) in [5.74, 6) is -3.08. The highest BCUT2D eigenvalue weighted by Crippen LogP contribution is 2.27. The number of halogens is 1. The lowest BCUT2D eigenvalue weighted by atomic mass is 9.82. The Hall–Kier alpha value is -4.63. The molecule has 1 atom stereocenters. The van der Waals surface area contributed by atoms with Crippen LogP contribution < -0.4 is 16.4 Å². The van der Waals surface area contributed by atoms with Gasteiger partial charge in [-0.05, 0) is 30.4 Å². The number of Topliss-reactive ketones (excluding diaryl/α,β-unsaturated/α-hetero) is 1. The first-order valence-corrected chi connectivity index (χ1v) is 13.2. The molecule has 1 aromatic heterocycles. The smallest absolute Gasteiger partial charge is 0.277 e. The number of hydrogen-bond acceptors (Lipinski definition) is 10. The van der Waals surface area contributed by atoms with E-state index in [-0.39, 0.29) is 43.4 Å². The molecule has 41 heavy (non-hydrogen) atoms. The fraction of sp³-hybridized carbons (Fsp3) is 0.308. The van der Waals surface area contributed by atoms with Crippen LogP contribution in [0.4, 0.5) is 15.8 Å². The van der Waals surface area contributed by atoms with E-state index in [1.54, 1.807) is 32.0 Å². The Labute approximate surface area is 237 Å². The van der Waals surface area contributed by atoms with Crippen molar-refractivity contribution in [3.8, 4) is 0 Å². The molecule has 3 aromatic rings. The summed E-state index contributed by atoms with van der Waals surface area (Å²) in [6.07, 6.45) is 0.114. The number of benzene rings is 2. The molecule has 2 aromatic carbocycles. The van der Waals surface area contributed by atoms with Crippen LogP contribution in [0.1, 0.15) is 51.7 Å². The molecule has 0 spiro atoms. The van der Waals surface area contributed by atoms with E-state index in [2.05, 4.69) is 15.6 Å². The maximum Gasteiger partial charge on any atom is 0.277 e. The van der Waals surface area contributed by atoms with E-state index < -0.39 is 49.9 Å². The van der Waals surface area contributed by atoms with E-state index in [1.807, 2.05) is 0 Å². The predicted molar refractivity (Wildman–Crippen MR) is 147 cm³/mol. The summed E-state index contributed by atoms with van der Waals surface area (Å²) in [5.41, 5.74) is 2.77. The molecule has 1 unspecified atom stereocenters. The number of carbonyl (C=O) groups is 3. The van der Waals surface area contributed by atoms with Gasteiger partial charge in [0.05, 0.1) is 22.5 Å². The van der Waals surface area contributed by atoms with Gasteiger partial charge in [0, 0.05) is 29.6 Å². The lowest BCUT2D eigenvalue weighted by Crippen LogP contribution is -2.60. The van der Waals surface area contributed by atoms with Gasteiger partial charge in [0.1, 0.15) is 16.5 Å². The van der Waals surface area contributed by atoms with Gasteiger partial charge in [-0.2, -0.15) is 0 Å². The highest BCUT2D eigenvalue weighted by Gasteiger charge is 2.43. The highest BCUT2D eigenvalue weighted by molar-refractivity contribution is 7.09. The zero-order chi connectivity index (χ0) is 30.3. The molecular formula is C26H27FN6O7S. The number of non-ortho nitro benzene ring substituents is 2. The van der Waals surface area contributed by atoms with Crippen molar-refractivity contribution in [2.24, 2.45) is 11.7 Å². The molecule has 4 N–H and O–H groups in total. The van der Waals surface area contributed by atoms with Crippen molar-refractivity contribution < 1.29 is 28.6 Å². The van der Waals surface area contributed by atoms with Gasteiger partial charge in [0.15, 0.2) is 11.3 Å². The maximum absolute atomic E-state index is 13.7. The molecule has 0 aliphatic carbocycles. The first kappa shape index (κ1) is 30.9. The van der Waals surface area contributed by atoms with Gasteiger partial charge in [0.2, 0.25) is 5.91 Å². The molecule has 2 amide bonds. The second-order valence-electron chi connectivity index (χ2n) is 9.56. The standard InChI is InChI=1S/C26H27FN6O7S/c1-15(2)12-26(28,23(34)17-9-18(32(37)38)11-19(10-17)33(39)40)25(36)30-13-22-31-21(14-41-22)24(35)29-8-7-16-5-3-4-6-20(16)27/h3-6,9-11,14-15H,7-8,12-13,28H2,1-2H3,(H,29,35)(H,30,36). The fourth-order valence-corrected chi connectivity index (χ4v) is 4.75. The average molecular weight is 587 g/mol. The second-order valence-corrected chi connectivity index (χ2v) is 10.5. The monoisotopic (exact) mass is 586 g/mol. The van der Waals surface area contributed by atoms with Crippen molar-refractivity contribution >= 4 is 40.3 Å². The zero-order valence-corrected chi connectivity index (χ0v) is 22.9. The number of amides is 2. The number of hydrogen-bond donors (Lipinski definition) is 3. The molecule has 0 aliphatic rings. The van der Waals surface area contributed by atoms with E-state index in [9.17, 15) is 39.0 Å². The molecule has 0 saturated heterocycles. The van der Waals surface area contributed by atoms with Crippen LogP contribution in [-0.2, 0) is 17.8 Å². The van der Waals surface area contributed by atoms with Crippen LogP contribution in [0.25, 0.3) is 0 Å². The van der Waals surface area contributed by atoms with Crippen molar-refractivity contribution in [3.05, 3.63) is 95.7 Å². The van der Waals surface area contributed by atoms with E-state index in [0.717, 1.165) is 23.5 Å². The molecule has 0 fully saturated rings. The normalized spacial score (nSPS) is 12.4. The largest absolute Gasteiger partial charge is 0.350 e. The van der Waals surface area contributed by atoms with Crippen LogP contribution in [0.3, 0.4) is 0 Å². The Morgan fingerprint density at radius 3 is 2.29 bits per heavy atom. The lowest BCUT2D eigenvalue weighted by molar-refractivity contribution is -0.394. The number of ketones is 1. The summed E-state index contributed by atoms with van der Waals surface area (Å²) in [6, 6.07) is 8.58. The van der Waals surface area contributed by atoms with E-state index in [4.69, 9.17) is 5.73 Å². The summed E-state index contributed by atoms with van der Waals surface area (Å²) >= 11 is 1.07. The third kappa shape index (κ3) is 7.73. The van der Waals surface area contributed by atoms with Gasteiger partial charge >= 0.3 is 0 Å². The molecule has 3 rings (SSSR count). The van der Waals surface area contributed by atoms with Gasteiger partial charge in [0.25, 0.3) is 17.3 Å². The molecule has 0 radical (unpaired) electrons. The SMILES string of the molecule is CC(C)CC(N)(C(=O)NCc1nc(C(=O)NCCc2ccccc2F)cs1)C(=O)c1cc([N+](=O)[O-])cc([N+](=O)[O-])c1. The molecule has 216 valence electrons. The summed E-state index contributed by atoms with van der Waals surface area (Å²) in [5, 5.41) is 29.5. The van der Waals surface area contributed by atoms with Gasteiger partial charge < -0.3 is 16.4 Å². The summed E-state index contributed by atoms with van der Waals surface area (Å²) in [6.45, 7) is 3.39. The van der Waals surface area contributed by atoms with Gasteiger partial charge in [-0.3, -0.25) is 34.6 Å². The maximum atomic E-state index is 13.7. The fourth-order valence-electron chi connectivity index (χ4n) is 4.04. The van der Waals surface area contributed by atoms with Crippen molar-refractivity contribution in [2.75, 3.05) is 6.54 Å². The minimum atomic E-state index is -2.21. The number of nitro groups is 2. The van der Waals surface area contributed by atoms with Crippen molar-refractivity contribution in [2.45, 2.75) is 38.8 Å². The average Bonchev–Trinajstić information content (AvgIpc) is 3.40. The number of nitro benzene ring substituents is 2. The van der Waals surface area contributed by atoms with Crippen molar-refractivity contribution in [1.29, 1.82) is 0 Å². The molecule has 0 bridgehead atoms. The minimum absolute atomic E-state index is 0.0777. The van der Waals surface area contributed by atoms with Crippen LogP contribution in [-0.4, -0.2) is 44.5 Å². The summed E-state index contributed by atoms with van der Waals surface area (Å²) in [7, 11) is 0. The quantitative estimate of drug-likeness (QED) is 0.116. The van der Waals surface area contributed by atoms with Crippen LogP contribution in [0.15, 0.2) is 47.8 Å². The predicted octanol–water partition coefficient (Wildman–Crippen LogP) is 3.31. The number of thiazole rings is 1. The van der Waals surface area contributed by atoms with Crippen molar-refractivity contribution in [3.63, 3.8) is 0 Å². The van der Waals surface area contributed by atoms with E-state index in [0.29, 0.717) is 16.6 Å². The van der Waals surface area contributed by atoms with Crippen LogP contribution >= 0.6 is 11.3 Å². The topological polar surface area (TPSA) is 200 Å². The minimum Gasteiger partial charge on any atom is -0.350 e. The molecular weight excluding hydrogens is 559 g/mol. The van der Waals surface area contributed by atoms with Gasteiger partial charge in [-0.25, -0.2) is 9.37 Å². The van der Waals surface area contributed by atoms with Crippen LogP contribution in [0, 0.1) is 32.0 Å². The van der Waals surface area contributed by atoms with Gasteiger partial charge in [-0.1, -0.05) is 32.0 Å². The number of rotatable bonds is 13. The van der Waals surface area contributed by atoms with Crippen molar-refractivity contribution in [1.82, 2.24) is 15.6 Å². The number of aromatic nitrogens is 1. The van der Waals surface area contributed by atoms with E-state index >= 15 is 0 Å². The third-order valence-corrected chi connectivity index (χ3v) is 6.80. The molecule has 15 heteroatoms. The highest BCUT2D eigenvalue weighted by atomic mass is 32.1. The number of nitrogens with two attached hydrogens (primary N) is 1. The number of nitrogens with zero attached hydrogens (tertiary/aromatic N) is 3. The molecule has 13 nitrogen and oxygen atoms in total. The number of nitrogens with one attached hydrogen (secondary N) is 2. The Balaban J connectivity index is 1.70. The first-order chi connectivity index (χ1) is 19.3. The Morgan fingerprint density at radius 2 is 1.71 bits per heavy atom. The summed E-state index contributed by atoms with van der Waals surface area (Å²) in [4.78, 5) is 64.0. The Kier molecular flexibility index (Phi) is 9.91. The molecule has 0 saturated carbocycles.